The number of hydrogen-bond donors (Lipinski definition) is 2. The van der Waals surface area contributed by atoms with Gasteiger partial charge in [-0.3, -0.25) is 5.10 Å². The molecule has 4 aromatic rings. The van der Waals surface area contributed by atoms with Gasteiger partial charge in [0.2, 0.25) is 0 Å². The molecule has 6 nitrogen and oxygen atoms in total. The number of fused-ring (bicyclic) bond motifs is 3. The summed E-state index contributed by atoms with van der Waals surface area (Å²) < 4.78 is 5.44. The number of pyridine rings is 1. The van der Waals surface area contributed by atoms with E-state index in [1.807, 2.05) is 12.3 Å². The zero-order chi connectivity index (χ0) is 21.3. The van der Waals surface area contributed by atoms with Crippen LogP contribution in [-0.2, 0) is 17.7 Å². The largest absolute Gasteiger partial charge is 0.381 e. The third kappa shape index (κ3) is 3.52. The number of hydrogen-bond acceptors (Lipinski definition) is 5. The maximum atomic E-state index is 5.44. The van der Waals surface area contributed by atoms with Gasteiger partial charge in [-0.2, -0.15) is 5.10 Å². The number of anilines is 2. The SMILES string of the molecule is c1ccc2c(c1)Cc1c(-c3ccc(CNc4ccnc(N5CCOCC5)c4)cc3)n[nH]c1-2. The van der Waals surface area contributed by atoms with Crippen molar-refractivity contribution in [1.29, 1.82) is 0 Å². The highest BCUT2D eigenvalue weighted by Crippen LogP contribution is 2.39. The van der Waals surface area contributed by atoms with Crippen molar-refractivity contribution < 1.29 is 4.74 Å². The van der Waals surface area contributed by atoms with Crippen LogP contribution in [0, 0.1) is 0 Å². The van der Waals surface area contributed by atoms with Gasteiger partial charge in [-0.25, -0.2) is 4.98 Å². The van der Waals surface area contributed by atoms with Crippen molar-refractivity contribution in [3.8, 4) is 22.5 Å². The van der Waals surface area contributed by atoms with Gasteiger partial charge in [0.15, 0.2) is 0 Å². The number of ether oxygens (including phenoxy) is 1. The van der Waals surface area contributed by atoms with E-state index in [1.54, 1.807) is 0 Å². The van der Waals surface area contributed by atoms with Crippen LogP contribution in [0.15, 0.2) is 66.9 Å². The molecule has 0 amide bonds. The minimum atomic E-state index is 0.761. The lowest BCUT2D eigenvalue weighted by Gasteiger charge is -2.28. The van der Waals surface area contributed by atoms with E-state index in [1.165, 1.54) is 22.3 Å². The van der Waals surface area contributed by atoms with E-state index in [9.17, 15) is 0 Å². The normalized spacial score (nSPS) is 14.8. The zero-order valence-electron chi connectivity index (χ0n) is 17.8. The Kier molecular flexibility index (Phi) is 4.85. The van der Waals surface area contributed by atoms with Crippen molar-refractivity contribution in [3.63, 3.8) is 0 Å². The molecule has 1 saturated heterocycles. The van der Waals surface area contributed by atoms with Crippen molar-refractivity contribution in [2.75, 3.05) is 36.5 Å². The molecule has 6 heteroatoms. The highest BCUT2D eigenvalue weighted by atomic mass is 16.5. The van der Waals surface area contributed by atoms with Gasteiger partial charge in [-0.1, -0.05) is 48.5 Å². The van der Waals surface area contributed by atoms with Crippen LogP contribution in [0.1, 0.15) is 16.7 Å². The van der Waals surface area contributed by atoms with Gasteiger partial charge in [-0.15, -0.1) is 0 Å². The molecule has 1 aliphatic carbocycles. The van der Waals surface area contributed by atoms with Gasteiger partial charge in [0, 0.05) is 60.7 Å². The van der Waals surface area contributed by atoms with Crippen molar-refractivity contribution >= 4 is 11.5 Å². The van der Waals surface area contributed by atoms with E-state index < -0.39 is 0 Å². The number of benzene rings is 2. The number of aromatic amines is 1. The highest BCUT2D eigenvalue weighted by Gasteiger charge is 2.24. The molecule has 2 aliphatic rings. The molecule has 0 bridgehead atoms. The summed E-state index contributed by atoms with van der Waals surface area (Å²) in [5, 5.41) is 11.4. The molecule has 1 aliphatic heterocycles. The Balaban J connectivity index is 1.15. The fourth-order valence-electron chi connectivity index (χ4n) is 4.59. The molecule has 0 spiro atoms. The van der Waals surface area contributed by atoms with Crippen LogP contribution in [-0.4, -0.2) is 41.5 Å². The van der Waals surface area contributed by atoms with Gasteiger partial charge in [-0.05, 0) is 17.2 Å². The summed E-state index contributed by atoms with van der Waals surface area (Å²) >= 11 is 0. The van der Waals surface area contributed by atoms with Crippen LogP contribution in [0.4, 0.5) is 11.5 Å². The summed E-state index contributed by atoms with van der Waals surface area (Å²) in [6, 6.07) is 21.4. The standard InChI is InChI=1S/C26H25N5O/c1-2-4-22-20(3-1)15-23-25(29-30-26(22)23)19-7-5-18(6-8-19)17-28-21-9-10-27-24(16-21)31-11-13-32-14-12-31/h1-10,16H,11-15,17H2,(H,27,28)(H,29,30). The van der Waals surface area contributed by atoms with Crippen LogP contribution in [0.5, 0.6) is 0 Å². The van der Waals surface area contributed by atoms with E-state index in [4.69, 9.17) is 4.74 Å². The Morgan fingerprint density at radius 1 is 1.00 bits per heavy atom. The molecular weight excluding hydrogens is 398 g/mol. The van der Waals surface area contributed by atoms with Crippen LogP contribution >= 0.6 is 0 Å². The highest BCUT2D eigenvalue weighted by molar-refractivity contribution is 5.81. The molecule has 6 rings (SSSR count). The van der Waals surface area contributed by atoms with Gasteiger partial charge in [0.05, 0.1) is 24.6 Å². The molecule has 2 aromatic carbocycles. The Morgan fingerprint density at radius 2 is 1.84 bits per heavy atom. The van der Waals surface area contributed by atoms with E-state index in [2.05, 4.69) is 80.0 Å². The van der Waals surface area contributed by atoms with Crippen LogP contribution < -0.4 is 10.2 Å². The molecule has 160 valence electrons. The first kappa shape index (κ1) is 19.1. The summed E-state index contributed by atoms with van der Waals surface area (Å²) in [5.41, 5.74) is 9.61. The average molecular weight is 424 g/mol. The monoisotopic (exact) mass is 423 g/mol. The first-order chi connectivity index (χ1) is 15.8. The van der Waals surface area contributed by atoms with E-state index >= 15 is 0 Å². The first-order valence-electron chi connectivity index (χ1n) is 11.1. The van der Waals surface area contributed by atoms with Crippen LogP contribution in [0.3, 0.4) is 0 Å². The second-order valence-corrected chi connectivity index (χ2v) is 8.31. The molecule has 0 unspecified atom stereocenters. The summed E-state index contributed by atoms with van der Waals surface area (Å²) in [5.74, 6) is 1.00. The summed E-state index contributed by atoms with van der Waals surface area (Å²) in [6.45, 7) is 4.06. The lowest BCUT2D eigenvalue weighted by Crippen LogP contribution is -2.36. The van der Waals surface area contributed by atoms with Crippen LogP contribution in [0.2, 0.25) is 0 Å². The molecule has 2 N–H and O–H groups in total. The van der Waals surface area contributed by atoms with E-state index in [0.717, 1.165) is 67.7 Å². The smallest absolute Gasteiger partial charge is 0.130 e. The molecule has 32 heavy (non-hydrogen) atoms. The predicted molar refractivity (Wildman–Crippen MR) is 127 cm³/mol. The second kappa shape index (κ2) is 8.13. The Morgan fingerprint density at radius 3 is 2.72 bits per heavy atom. The van der Waals surface area contributed by atoms with Crippen molar-refractivity contribution in [3.05, 3.63) is 83.6 Å². The minimum absolute atomic E-state index is 0.761. The fourth-order valence-corrected chi connectivity index (χ4v) is 4.59. The topological polar surface area (TPSA) is 66.1 Å². The van der Waals surface area contributed by atoms with Gasteiger partial charge in [0.1, 0.15) is 5.82 Å². The molecule has 2 aromatic heterocycles. The molecule has 0 radical (unpaired) electrons. The number of morpholine rings is 1. The minimum Gasteiger partial charge on any atom is -0.381 e. The maximum Gasteiger partial charge on any atom is 0.130 e. The fraction of sp³-hybridized carbons (Fsp3) is 0.231. The predicted octanol–water partition coefficient (Wildman–Crippen LogP) is 4.49. The molecule has 1 fully saturated rings. The van der Waals surface area contributed by atoms with Gasteiger partial charge < -0.3 is 15.0 Å². The van der Waals surface area contributed by atoms with Gasteiger partial charge >= 0.3 is 0 Å². The van der Waals surface area contributed by atoms with Crippen molar-refractivity contribution in [1.82, 2.24) is 15.2 Å². The summed E-state index contributed by atoms with van der Waals surface area (Å²) in [6.07, 6.45) is 2.81. The first-order valence-corrected chi connectivity index (χ1v) is 11.1. The number of nitrogens with one attached hydrogen (secondary N) is 2. The summed E-state index contributed by atoms with van der Waals surface area (Å²) in [4.78, 5) is 6.79. The molecule has 0 saturated carbocycles. The number of H-pyrrole nitrogens is 1. The molecular formula is C26H25N5O. The van der Waals surface area contributed by atoms with E-state index in [0.29, 0.717) is 0 Å². The lowest BCUT2D eigenvalue weighted by molar-refractivity contribution is 0.122. The summed E-state index contributed by atoms with van der Waals surface area (Å²) in [7, 11) is 0. The van der Waals surface area contributed by atoms with Crippen molar-refractivity contribution in [2.45, 2.75) is 13.0 Å². The van der Waals surface area contributed by atoms with E-state index in [-0.39, 0.29) is 0 Å². The van der Waals surface area contributed by atoms with Gasteiger partial charge in [0.25, 0.3) is 0 Å². The van der Waals surface area contributed by atoms with Crippen molar-refractivity contribution in [2.24, 2.45) is 0 Å². The zero-order valence-corrected chi connectivity index (χ0v) is 17.8. The Labute approximate surface area is 187 Å². The maximum absolute atomic E-state index is 5.44. The quantitative estimate of drug-likeness (QED) is 0.436. The molecule has 3 heterocycles. The van der Waals surface area contributed by atoms with Crippen LogP contribution in [0.25, 0.3) is 22.5 Å². The lowest BCUT2D eigenvalue weighted by atomic mass is 10.0. The number of rotatable bonds is 5. The number of nitrogens with zero attached hydrogens (tertiary/aromatic N) is 3. The Bertz CT molecular complexity index is 1240. The average Bonchev–Trinajstić information content (AvgIpc) is 3.43. The third-order valence-corrected chi connectivity index (χ3v) is 6.33. The third-order valence-electron chi connectivity index (χ3n) is 6.33. The molecule has 0 atom stereocenters. The second-order valence-electron chi connectivity index (χ2n) is 8.31. The number of aromatic nitrogens is 3. The Hall–Kier alpha value is -3.64.